The number of likely N-dealkylation sites (tertiary alicyclic amines) is 1. The van der Waals surface area contributed by atoms with E-state index in [2.05, 4.69) is 29.2 Å². The second-order valence-electron chi connectivity index (χ2n) is 4.64. The Morgan fingerprint density at radius 3 is 2.82 bits per heavy atom. The van der Waals surface area contributed by atoms with Gasteiger partial charge in [-0.05, 0) is 18.4 Å². The molecular formula is C14H21NO2. The van der Waals surface area contributed by atoms with Gasteiger partial charge in [0.05, 0.1) is 12.7 Å². The van der Waals surface area contributed by atoms with Crippen molar-refractivity contribution in [1.82, 2.24) is 4.90 Å². The summed E-state index contributed by atoms with van der Waals surface area (Å²) >= 11 is 0. The molecule has 1 heterocycles. The summed E-state index contributed by atoms with van der Waals surface area (Å²) < 4.78 is 5.11. The highest BCUT2D eigenvalue weighted by molar-refractivity contribution is 5.16. The van der Waals surface area contributed by atoms with Crippen LogP contribution < -0.4 is 0 Å². The van der Waals surface area contributed by atoms with Crippen molar-refractivity contribution in [2.75, 3.05) is 26.8 Å². The van der Waals surface area contributed by atoms with E-state index in [-0.39, 0.29) is 12.1 Å². The van der Waals surface area contributed by atoms with Crippen molar-refractivity contribution in [2.24, 2.45) is 0 Å². The molecule has 2 atom stereocenters. The van der Waals surface area contributed by atoms with Gasteiger partial charge in [0.2, 0.25) is 0 Å². The van der Waals surface area contributed by atoms with Crippen LogP contribution >= 0.6 is 0 Å². The second kappa shape index (κ2) is 6.15. The molecule has 17 heavy (non-hydrogen) atoms. The topological polar surface area (TPSA) is 32.7 Å². The van der Waals surface area contributed by atoms with Gasteiger partial charge in [-0.2, -0.15) is 0 Å². The monoisotopic (exact) mass is 235 g/mol. The highest BCUT2D eigenvalue weighted by Crippen LogP contribution is 2.21. The average Bonchev–Trinajstić information content (AvgIpc) is 2.70. The number of hydrogen-bond acceptors (Lipinski definition) is 3. The minimum Gasteiger partial charge on any atom is -0.391 e. The Labute approximate surface area is 103 Å². The fourth-order valence-corrected chi connectivity index (χ4v) is 2.51. The van der Waals surface area contributed by atoms with Crippen LogP contribution in [0.2, 0.25) is 0 Å². The molecule has 0 bridgehead atoms. The van der Waals surface area contributed by atoms with Crippen LogP contribution in [0, 0.1) is 0 Å². The summed E-state index contributed by atoms with van der Waals surface area (Å²) in [6.07, 6.45) is 1.60. The van der Waals surface area contributed by atoms with Crippen molar-refractivity contribution in [1.29, 1.82) is 0 Å². The van der Waals surface area contributed by atoms with Gasteiger partial charge in [-0.3, -0.25) is 4.90 Å². The predicted molar refractivity (Wildman–Crippen MR) is 68.0 cm³/mol. The minimum atomic E-state index is -0.202. The molecule has 94 valence electrons. The highest BCUT2D eigenvalue weighted by Gasteiger charge is 2.32. The molecule has 1 aliphatic heterocycles. The molecular weight excluding hydrogens is 214 g/mol. The maximum Gasteiger partial charge on any atom is 0.0710 e. The first kappa shape index (κ1) is 12.6. The summed E-state index contributed by atoms with van der Waals surface area (Å²) in [6.45, 7) is 2.62. The van der Waals surface area contributed by atoms with Gasteiger partial charge < -0.3 is 9.84 Å². The SMILES string of the molecule is COCCN1CC[C@@H](O)[C@@H]1Cc1ccccc1. The zero-order valence-electron chi connectivity index (χ0n) is 10.4. The van der Waals surface area contributed by atoms with E-state index < -0.39 is 0 Å². The van der Waals surface area contributed by atoms with E-state index in [1.54, 1.807) is 7.11 Å². The molecule has 3 heteroatoms. The first-order valence-corrected chi connectivity index (χ1v) is 6.26. The van der Waals surface area contributed by atoms with Crippen LogP contribution in [0.5, 0.6) is 0 Å². The van der Waals surface area contributed by atoms with Crippen LogP contribution in [0.1, 0.15) is 12.0 Å². The van der Waals surface area contributed by atoms with Crippen LogP contribution in [0.15, 0.2) is 30.3 Å². The van der Waals surface area contributed by atoms with E-state index in [1.807, 2.05) is 6.07 Å². The number of rotatable bonds is 5. The van der Waals surface area contributed by atoms with Crippen LogP contribution in [0.25, 0.3) is 0 Å². The third kappa shape index (κ3) is 3.28. The molecule has 1 aromatic carbocycles. The Hall–Kier alpha value is -0.900. The number of nitrogens with zero attached hydrogens (tertiary/aromatic N) is 1. The number of hydrogen-bond donors (Lipinski definition) is 1. The lowest BCUT2D eigenvalue weighted by atomic mass is 10.0. The van der Waals surface area contributed by atoms with Gasteiger partial charge in [0.25, 0.3) is 0 Å². The lowest BCUT2D eigenvalue weighted by Gasteiger charge is -2.26. The van der Waals surface area contributed by atoms with Gasteiger partial charge >= 0.3 is 0 Å². The zero-order valence-corrected chi connectivity index (χ0v) is 10.4. The molecule has 2 rings (SSSR count). The van der Waals surface area contributed by atoms with E-state index in [0.29, 0.717) is 0 Å². The van der Waals surface area contributed by atoms with Gasteiger partial charge in [-0.25, -0.2) is 0 Å². The van der Waals surface area contributed by atoms with Gasteiger partial charge in [0, 0.05) is 26.2 Å². The maximum absolute atomic E-state index is 10.0. The zero-order chi connectivity index (χ0) is 12.1. The van der Waals surface area contributed by atoms with E-state index in [0.717, 1.165) is 32.5 Å². The molecule has 0 aliphatic carbocycles. The van der Waals surface area contributed by atoms with E-state index in [4.69, 9.17) is 4.74 Å². The quantitative estimate of drug-likeness (QED) is 0.835. The molecule has 1 aliphatic rings. The van der Waals surface area contributed by atoms with Crippen molar-refractivity contribution >= 4 is 0 Å². The standard InChI is InChI=1S/C14H21NO2/c1-17-10-9-15-8-7-14(16)13(15)11-12-5-3-2-4-6-12/h2-6,13-14,16H,7-11H2,1H3/t13-,14+/m0/s1. The van der Waals surface area contributed by atoms with Gasteiger partial charge in [-0.15, -0.1) is 0 Å². The molecule has 1 N–H and O–H groups in total. The van der Waals surface area contributed by atoms with Gasteiger partial charge in [0.1, 0.15) is 0 Å². The molecule has 3 nitrogen and oxygen atoms in total. The molecule has 0 unspecified atom stereocenters. The number of benzene rings is 1. The Morgan fingerprint density at radius 1 is 1.35 bits per heavy atom. The normalized spacial score (nSPS) is 25.3. The number of aliphatic hydroxyl groups excluding tert-OH is 1. The first-order chi connectivity index (χ1) is 8.31. The second-order valence-corrected chi connectivity index (χ2v) is 4.64. The third-order valence-electron chi connectivity index (χ3n) is 3.50. The lowest BCUT2D eigenvalue weighted by Crippen LogP contribution is -2.38. The lowest BCUT2D eigenvalue weighted by molar-refractivity contribution is 0.0933. The molecule has 1 aromatic rings. The fourth-order valence-electron chi connectivity index (χ4n) is 2.51. The van der Waals surface area contributed by atoms with E-state index in [1.165, 1.54) is 5.56 Å². The summed E-state index contributed by atoms with van der Waals surface area (Å²) in [5.74, 6) is 0. The van der Waals surface area contributed by atoms with Gasteiger partial charge in [0.15, 0.2) is 0 Å². The van der Waals surface area contributed by atoms with Crippen LogP contribution in [0.4, 0.5) is 0 Å². The van der Waals surface area contributed by atoms with Gasteiger partial charge in [-0.1, -0.05) is 30.3 Å². The Bertz CT molecular complexity index is 328. The Morgan fingerprint density at radius 2 is 2.12 bits per heavy atom. The summed E-state index contributed by atoms with van der Waals surface area (Å²) in [5, 5.41) is 10.0. The number of methoxy groups -OCH3 is 1. The molecule has 0 radical (unpaired) electrons. The highest BCUT2D eigenvalue weighted by atomic mass is 16.5. The predicted octanol–water partition coefficient (Wildman–Crippen LogP) is 1.31. The summed E-state index contributed by atoms with van der Waals surface area (Å²) in [5.41, 5.74) is 1.29. The summed E-state index contributed by atoms with van der Waals surface area (Å²) in [4.78, 5) is 2.33. The smallest absolute Gasteiger partial charge is 0.0710 e. The molecule has 0 saturated carbocycles. The molecule has 1 fully saturated rings. The minimum absolute atomic E-state index is 0.202. The molecule has 0 amide bonds. The Kier molecular flexibility index (Phi) is 4.54. The van der Waals surface area contributed by atoms with Crippen molar-refractivity contribution in [2.45, 2.75) is 25.0 Å². The van der Waals surface area contributed by atoms with Crippen LogP contribution in [-0.2, 0) is 11.2 Å². The van der Waals surface area contributed by atoms with Crippen molar-refractivity contribution in [3.8, 4) is 0 Å². The van der Waals surface area contributed by atoms with Crippen molar-refractivity contribution in [3.05, 3.63) is 35.9 Å². The molecule has 1 saturated heterocycles. The van der Waals surface area contributed by atoms with E-state index in [9.17, 15) is 5.11 Å². The number of ether oxygens (including phenoxy) is 1. The van der Waals surface area contributed by atoms with Crippen molar-refractivity contribution < 1.29 is 9.84 Å². The maximum atomic E-state index is 10.0. The number of aliphatic hydroxyl groups is 1. The van der Waals surface area contributed by atoms with Crippen LogP contribution in [-0.4, -0.2) is 49.0 Å². The van der Waals surface area contributed by atoms with Crippen LogP contribution in [0.3, 0.4) is 0 Å². The molecule has 0 aromatic heterocycles. The van der Waals surface area contributed by atoms with E-state index >= 15 is 0 Å². The largest absolute Gasteiger partial charge is 0.391 e. The average molecular weight is 235 g/mol. The fraction of sp³-hybridized carbons (Fsp3) is 0.571. The third-order valence-corrected chi connectivity index (χ3v) is 3.50. The van der Waals surface area contributed by atoms with Crippen molar-refractivity contribution in [3.63, 3.8) is 0 Å². The first-order valence-electron chi connectivity index (χ1n) is 6.26. The molecule has 0 spiro atoms. The summed E-state index contributed by atoms with van der Waals surface area (Å²) in [7, 11) is 1.72. The Balaban J connectivity index is 1.96. The summed E-state index contributed by atoms with van der Waals surface area (Å²) in [6, 6.07) is 10.6.